The second kappa shape index (κ2) is 4.04. The molecule has 1 N–H and O–H groups in total. The minimum Gasteiger partial charge on any atom is -0.348 e. The summed E-state index contributed by atoms with van der Waals surface area (Å²) in [5.74, 6) is -0.189. The van der Waals surface area contributed by atoms with E-state index in [1.165, 1.54) is 11.5 Å². The summed E-state index contributed by atoms with van der Waals surface area (Å²) in [6.45, 7) is 0. The van der Waals surface area contributed by atoms with Crippen LogP contribution in [0.15, 0.2) is 11.4 Å². The van der Waals surface area contributed by atoms with Gasteiger partial charge in [0.25, 0.3) is 5.91 Å². The predicted octanol–water partition coefficient (Wildman–Crippen LogP) is 1.76. The van der Waals surface area contributed by atoms with E-state index in [0.717, 1.165) is 6.42 Å². The predicted molar refractivity (Wildman–Crippen MR) is 52.1 cm³/mol. The highest BCUT2D eigenvalue weighted by atomic mass is 32.1. The maximum Gasteiger partial charge on any atom is 0.271 e. The highest BCUT2D eigenvalue weighted by Crippen LogP contribution is 2.21. The molecule has 1 aliphatic rings. The average Bonchev–Trinajstić information content (AvgIpc) is 2.75. The van der Waals surface area contributed by atoms with Crippen LogP contribution >= 0.6 is 11.5 Å². The lowest BCUT2D eigenvalue weighted by atomic mass is 10.2. The molecule has 1 fully saturated rings. The molecular formula is C9H11FN2OS. The van der Waals surface area contributed by atoms with Crippen molar-refractivity contribution in [2.45, 2.75) is 31.5 Å². The summed E-state index contributed by atoms with van der Waals surface area (Å²) in [5, 5.41) is 4.53. The molecule has 1 saturated carbocycles. The first-order valence-corrected chi connectivity index (χ1v) is 5.44. The van der Waals surface area contributed by atoms with Crippen molar-refractivity contribution in [2.24, 2.45) is 0 Å². The first kappa shape index (κ1) is 9.58. The standard InChI is InChI=1S/C9H11FN2OS/c10-6-1-2-7(5-6)11-9(13)8-3-4-14-12-8/h3-4,6-7H,1-2,5H2,(H,11,13). The van der Waals surface area contributed by atoms with Gasteiger partial charge in [-0.2, -0.15) is 4.37 Å². The zero-order valence-electron chi connectivity index (χ0n) is 7.57. The molecule has 1 aromatic heterocycles. The fourth-order valence-corrected chi connectivity index (χ4v) is 2.15. The molecule has 76 valence electrons. The largest absolute Gasteiger partial charge is 0.348 e. The zero-order valence-corrected chi connectivity index (χ0v) is 8.39. The molecule has 1 amide bonds. The molecule has 2 unspecified atom stereocenters. The molecule has 0 aromatic carbocycles. The van der Waals surface area contributed by atoms with Crippen LogP contribution in [0.4, 0.5) is 4.39 Å². The molecule has 5 heteroatoms. The molecule has 3 nitrogen and oxygen atoms in total. The van der Waals surface area contributed by atoms with Gasteiger partial charge in [-0.05, 0) is 36.9 Å². The van der Waals surface area contributed by atoms with E-state index in [2.05, 4.69) is 9.69 Å². The van der Waals surface area contributed by atoms with E-state index in [1.807, 2.05) is 0 Å². The lowest BCUT2D eigenvalue weighted by molar-refractivity contribution is 0.0933. The number of alkyl halides is 1. The van der Waals surface area contributed by atoms with Gasteiger partial charge in [-0.3, -0.25) is 4.79 Å². The summed E-state index contributed by atoms with van der Waals surface area (Å²) in [4.78, 5) is 11.5. The van der Waals surface area contributed by atoms with Gasteiger partial charge in [-0.1, -0.05) is 0 Å². The van der Waals surface area contributed by atoms with Crippen molar-refractivity contribution in [3.05, 3.63) is 17.1 Å². The Morgan fingerprint density at radius 3 is 3.07 bits per heavy atom. The zero-order chi connectivity index (χ0) is 9.97. The van der Waals surface area contributed by atoms with Crippen LogP contribution in [0.2, 0.25) is 0 Å². The maximum absolute atomic E-state index is 12.8. The van der Waals surface area contributed by atoms with E-state index < -0.39 is 6.17 Å². The molecule has 1 heterocycles. The molecule has 14 heavy (non-hydrogen) atoms. The molecule has 1 aliphatic carbocycles. The van der Waals surface area contributed by atoms with Crippen molar-refractivity contribution >= 4 is 17.4 Å². The number of nitrogens with zero attached hydrogens (tertiary/aromatic N) is 1. The minimum atomic E-state index is -0.754. The lowest BCUT2D eigenvalue weighted by Crippen LogP contribution is -2.33. The third kappa shape index (κ3) is 2.09. The monoisotopic (exact) mass is 214 g/mol. The summed E-state index contributed by atoms with van der Waals surface area (Å²) in [7, 11) is 0. The van der Waals surface area contributed by atoms with Gasteiger partial charge in [0, 0.05) is 11.4 Å². The molecular weight excluding hydrogens is 203 g/mol. The molecule has 0 aliphatic heterocycles. The highest BCUT2D eigenvalue weighted by Gasteiger charge is 2.25. The number of hydrogen-bond acceptors (Lipinski definition) is 3. The molecule has 0 radical (unpaired) electrons. The Morgan fingerprint density at radius 1 is 1.64 bits per heavy atom. The Hall–Kier alpha value is -0.970. The normalized spacial score (nSPS) is 26.4. The average molecular weight is 214 g/mol. The molecule has 0 saturated heterocycles. The first-order chi connectivity index (χ1) is 6.75. The molecule has 2 atom stereocenters. The fourth-order valence-electron chi connectivity index (χ4n) is 1.65. The Balaban J connectivity index is 1.89. The minimum absolute atomic E-state index is 0.0146. The Bertz CT molecular complexity index is 315. The van der Waals surface area contributed by atoms with E-state index in [9.17, 15) is 9.18 Å². The van der Waals surface area contributed by atoms with Gasteiger partial charge in [-0.15, -0.1) is 0 Å². The maximum atomic E-state index is 12.8. The van der Waals surface area contributed by atoms with Crippen LogP contribution in [-0.2, 0) is 0 Å². The van der Waals surface area contributed by atoms with E-state index in [-0.39, 0.29) is 11.9 Å². The number of rotatable bonds is 2. The van der Waals surface area contributed by atoms with Gasteiger partial charge in [0.15, 0.2) is 0 Å². The second-order valence-electron chi connectivity index (χ2n) is 3.47. The van der Waals surface area contributed by atoms with Crippen LogP contribution in [-0.4, -0.2) is 22.5 Å². The topological polar surface area (TPSA) is 42.0 Å². The highest BCUT2D eigenvalue weighted by molar-refractivity contribution is 7.03. The van der Waals surface area contributed by atoms with Crippen LogP contribution in [0.1, 0.15) is 29.8 Å². The second-order valence-corrected chi connectivity index (χ2v) is 4.13. The van der Waals surface area contributed by atoms with Gasteiger partial charge in [-0.25, -0.2) is 4.39 Å². The third-order valence-electron chi connectivity index (χ3n) is 2.37. The van der Waals surface area contributed by atoms with Gasteiger partial charge < -0.3 is 5.32 Å². The van der Waals surface area contributed by atoms with Crippen LogP contribution in [0, 0.1) is 0 Å². The number of amides is 1. The van der Waals surface area contributed by atoms with Gasteiger partial charge in [0.2, 0.25) is 0 Å². The van der Waals surface area contributed by atoms with E-state index in [0.29, 0.717) is 18.5 Å². The Kier molecular flexibility index (Phi) is 2.77. The molecule has 0 spiro atoms. The van der Waals surface area contributed by atoms with Crippen molar-refractivity contribution in [3.8, 4) is 0 Å². The summed E-state index contributed by atoms with van der Waals surface area (Å²) in [5.41, 5.74) is 0.428. The van der Waals surface area contributed by atoms with E-state index in [4.69, 9.17) is 0 Å². The van der Waals surface area contributed by atoms with Crippen LogP contribution in [0.5, 0.6) is 0 Å². The van der Waals surface area contributed by atoms with E-state index >= 15 is 0 Å². The van der Waals surface area contributed by atoms with Gasteiger partial charge >= 0.3 is 0 Å². The quantitative estimate of drug-likeness (QED) is 0.815. The summed E-state index contributed by atoms with van der Waals surface area (Å²) in [6, 6.07) is 1.65. The first-order valence-electron chi connectivity index (χ1n) is 4.61. The molecule has 0 bridgehead atoms. The van der Waals surface area contributed by atoms with Gasteiger partial charge in [0.1, 0.15) is 11.9 Å². The van der Waals surface area contributed by atoms with Crippen molar-refractivity contribution in [1.82, 2.24) is 9.69 Å². The fraction of sp³-hybridized carbons (Fsp3) is 0.556. The lowest BCUT2D eigenvalue weighted by Gasteiger charge is -2.09. The summed E-state index contributed by atoms with van der Waals surface area (Å²) >= 11 is 1.24. The number of carbonyl (C=O) groups is 1. The Morgan fingerprint density at radius 2 is 2.50 bits per heavy atom. The van der Waals surface area contributed by atoms with E-state index in [1.54, 1.807) is 11.4 Å². The van der Waals surface area contributed by atoms with Crippen molar-refractivity contribution < 1.29 is 9.18 Å². The van der Waals surface area contributed by atoms with Crippen molar-refractivity contribution in [2.75, 3.05) is 0 Å². The van der Waals surface area contributed by atoms with Crippen LogP contribution in [0.25, 0.3) is 0 Å². The van der Waals surface area contributed by atoms with Crippen LogP contribution < -0.4 is 5.32 Å². The van der Waals surface area contributed by atoms with Crippen molar-refractivity contribution in [3.63, 3.8) is 0 Å². The number of carbonyl (C=O) groups excluding carboxylic acids is 1. The smallest absolute Gasteiger partial charge is 0.271 e. The number of aromatic nitrogens is 1. The van der Waals surface area contributed by atoms with Crippen molar-refractivity contribution in [1.29, 1.82) is 0 Å². The SMILES string of the molecule is O=C(NC1CCC(F)C1)c1ccsn1. The number of hydrogen-bond donors (Lipinski definition) is 1. The third-order valence-corrected chi connectivity index (χ3v) is 2.93. The van der Waals surface area contributed by atoms with Crippen LogP contribution in [0.3, 0.4) is 0 Å². The molecule has 2 rings (SSSR count). The molecule has 1 aromatic rings. The number of halogens is 1. The summed E-state index contributed by atoms with van der Waals surface area (Å²) in [6.07, 6.45) is 0.977. The summed E-state index contributed by atoms with van der Waals surface area (Å²) < 4.78 is 16.7. The number of nitrogens with one attached hydrogen (secondary N) is 1. The Labute approximate surface area is 85.5 Å². The van der Waals surface area contributed by atoms with Gasteiger partial charge in [0.05, 0.1) is 0 Å².